The lowest BCUT2D eigenvalue weighted by molar-refractivity contribution is -0.142. The third-order valence-corrected chi connectivity index (χ3v) is 5.53. The summed E-state index contributed by atoms with van der Waals surface area (Å²) in [7, 11) is 0. The number of esters is 2. The van der Waals surface area contributed by atoms with Gasteiger partial charge in [0.2, 0.25) is 0 Å². The van der Waals surface area contributed by atoms with Gasteiger partial charge >= 0.3 is 11.9 Å². The van der Waals surface area contributed by atoms with Crippen LogP contribution in [0.5, 0.6) is 17.2 Å². The Labute approximate surface area is 201 Å². The number of benzene rings is 2. The van der Waals surface area contributed by atoms with Gasteiger partial charge in [-0.25, -0.2) is 0 Å². The number of alkyl halides is 1. The summed E-state index contributed by atoms with van der Waals surface area (Å²) in [6.07, 6.45) is 0.412. The third-order valence-electron chi connectivity index (χ3n) is 4.90. The second kappa shape index (κ2) is 10.4. The summed E-state index contributed by atoms with van der Waals surface area (Å²) in [6, 6.07) is 10.0. The van der Waals surface area contributed by atoms with Gasteiger partial charge in [-0.1, -0.05) is 23.7 Å². The Morgan fingerprint density at radius 1 is 1.21 bits per heavy atom. The summed E-state index contributed by atoms with van der Waals surface area (Å²) in [4.78, 5) is 35.6. The highest BCUT2D eigenvalue weighted by Crippen LogP contribution is 2.39. The van der Waals surface area contributed by atoms with Crippen molar-refractivity contribution in [2.45, 2.75) is 44.6 Å². The smallest absolute Gasteiger partial charge is 0.324 e. The van der Waals surface area contributed by atoms with Gasteiger partial charge in [0.25, 0.3) is 0 Å². The predicted octanol–water partition coefficient (Wildman–Crippen LogP) is 4.78. The van der Waals surface area contributed by atoms with Crippen LogP contribution in [-0.2, 0) is 20.7 Å². The summed E-state index contributed by atoms with van der Waals surface area (Å²) < 4.78 is 21.9. The molecule has 0 saturated carbocycles. The highest BCUT2D eigenvalue weighted by atomic mass is 35.5. The maximum Gasteiger partial charge on any atom is 0.324 e. The predicted molar refractivity (Wildman–Crippen MR) is 123 cm³/mol. The van der Waals surface area contributed by atoms with Crippen LogP contribution in [0.25, 0.3) is 0 Å². The molecule has 2 unspecified atom stereocenters. The molecular formula is C24H24Cl2O7. The lowest BCUT2D eigenvalue weighted by Crippen LogP contribution is -2.44. The van der Waals surface area contributed by atoms with E-state index in [1.807, 2.05) is 12.1 Å². The first kappa shape index (κ1) is 24.9. The highest BCUT2D eigenvalue weighted by Gasteiger charge is 2.38. The molecule has 33 heavy (non-hydrogen) atoms. The van der Waals surface area contributed by atoms with Crippen molar-refractivity contribution in [1.29, 1.82) is 0 Å². The Kier molecular flexibility index (Phi) is 7.87. The lowest BCUT2D eigenvalue weighted by atomic mass is 9.92. The molecule has 0 N–H and O–H groups in total. The van der Waals surface area contributed by atoms with Gasteiger partial charge in [-0.05, 0) is 44.0 Å². The standard InChI is InChI=1S/C24H24Cl2O7/c1-4-30-23(29)19(26)9-15-5-7-16(8-6-15)31-13-24(3)12-20(28)17-10-22(32-14(2)27)18(25)11-21(17)33-24/h5-8,10-11,19H,4,9,12-13H2,1-3H3. The fraction of sp³-hybridized carbons (Fsp3) is 0.375. The Morgan fingerprint density at radius 3 is 2.55 bits per heavy atom. The maximum absolute atomic E-state index is 12.7. The Hall–Kier alpha value is -2.77. The largest absolute Gasteiger partial charge is 0.489 e. The van der Waals surface area contributed by atoms with E-state index in [1.165, 1.54) is 19.1 Å². The number of rotatable bonds is 8. The van der Waals surface area contributed by atoms with Crippen LogP contribution in [0.15, 0.2) is 36.4 Å². The minimum absolute atomic E-state index is 0.0761. The van der Waals surface area contributed by atoms with E-state index in [-0.39, 0.29) is 36.2 Å². The molecule has 0 amide bonds. The first-order chi connectivity index (χ1) is 15.6. The van der Waals surface area contributed by atoms with Crippen molar-refractivity contribution in [3.8, 4) is 17.2 Å². The van der Waals surface area contributed by atoms with Gasteiger partial charge in [0.15, 0.2) is 5.78 Å². The minimum atomic E-state index is -0.916. The van der Waals surface area contributed by atoms with Crippen LogP contribution in [0.2, 0.25) is 5.02 Å². The van der Waals surface area contributed by atoms with E-state index in [4.69, 9.17) is 42.1 Å². The zero-order valence-electron chi connectivity index (χ0n) is 18.5. The van der Waals surface area contributed by atoms with Crippen LogP contribution < -0.4 is 14.2 Å². The SMILES string of the molecule is CCOC(=O)C(Cl)Cc1ccc(OCC2(C)CC(=O)c3cc(OC(C)=O)c(Cl)cc3O2)cc1. The van der Waals surface area contributed by atoms with E-state index >= 15 is 0 Å². The van der Waals surface area contributed by atoms with Gasteiger partial charge in [0.05, 0.1) is 23.6 Å². The van der Waals surface area contributed by atoms with Crippen LogP contribution in [0.1, 0.15) is 43.1 Å². The second-order valence-electron chi connectivity index (χ2n) is 7.88. The minimum Gasteiger partial charge on any atom is -0.489 e. The van der Waals surface area contributed by atoms with Gasteiger partial charge < -0.3 is 18.9 Å². The molecular weight excluding hydrogens is 471 g/mol. The Morgan fingerprint density at radius 2 is 1.91 bits per heavy atom. The summed E-state index contributed by atoms with van der Waals surface area (Å²) in [5.74, 6) is -0.162. The molecule has 3 rings (SSSR count). The van der Waals surface area contributed by atoms with Crippen LogP contribution in [0.4, 0.5) is 0 Å². The third kappa shape index (κ3) is 6.39. The number of Topliss-reactive ketones (excluding diaryl/α,β-unsaturated/α-hetero) is 1. The summed E-state index contributed by atoms with van der Waals surface area (Å²) >= 11 is 12.2. The first-order valence-electron chi connectivity index (χ1n) is 10.4. The molecule has 9 heteroatoms. The number of ether oxygens (including phenoxy) is 4. The van der Waals surface area contributed by atoms with E-state index in [1.54, 1.807) is 26.0 Å². The first-order valence-corrected chi connectivity index (χ1v) is 11.2. The number of hydrogen-bond donors (Lipinski definition) is 0. The van der Waals surface area contributed by atoms with Crippen molar-refractivity contribution in [2.24, 2.45) is 0 Å². The van der Waals surface area contributed by atoms with Gasteiger partial charge in [0.1, 0.15) is 34.8 Å². The molecule has 2 aromatic rings. The molecule has 1 aliphatic heterocycles. The number of ketones is 1. The molecule has 2 atom stereocenters. The monoisotopic (exact) mass is 494 g/mol. The molecule has 7 nitrogen and oxygen atoms in total. The molecule has 1 heterocycles. The average Bonchev–Trinajstić information content (AvgIpc) is 2.74. The molecule has 0 aliphatic carbocycles. The molecule has 0 fully saturated rings. The molecule has 176 valence electrons. The summed E-state index contributed by atoms with van der Waals surface area (Å²) in [5, 5.41) is -0.594. The Bertz CT molecular complexity index is 1050. The second-order valence-corrected chi connectivity index (χ2v) is 8.81. The highest BCUT2D eigenvalue weighted by molar-refractivity contribution is 6.32. The van der Waals surface area contributed by atoms with E-state index in [0.717, 1.165) is 5.56 Å². The van der Waals surface area contributed by atoms with Crippen LogP contribution >= 0.6 is 23.2 Å². The van der Waals surface area contributed by atoms with Crippen molar-refractivity contribution < 1.29 is 33.3 Å². The number of carbonyl (C=O) groups is 3. The average molecular weight is 495 g/mol. The lowest BCUT2D eigenvalue weighted by Gasteiger charge is -2.34. The Balaban J connectivity index is 1.64. The van der Waals surface area contributed by atoms with Crippen LogP contribution in [0, 0.1) is 0 Å². The zero-order chi connectivity index (χ0) is 24.2. The molecule has 0 spiro atoms. The topological polar surface area (TPSA) is 88.1 Å². The fourth-order valence-electron chi connectivity index (χ4n) is 3.37. The zero-order valence-corrected chi connectivity index (χ0v) is 20.0. The van der Waals surface area contributed by atoms with Gasteiger partial charge in [0, 0.05) is 13.0 Å². The van der Waals surface area contributed by atoms with Crippen molar-refractivity contribution in [1.82, 2.24) is 0 Å². The van der Waals surface area contributed by atoms with Crippen molar-refractivity contribution in [3.63, 3.8) is 0 Å². The molecule has 0 radical (unpaired) electrons. The number of carbonyl (C=O) groups excluding carboxylic acids is 3. The number of halogens is 2. The summed E-state index contributed by atoms with van der Waals surface area (Å²) in [6.45, 7) is 5.15. The molecule has 0 bridgehead atoms. The fourth-order valence-corrected chi connectivity index (χ4v) is 3.80. The quantitative estimate of drug-likeness (QED) is 0.296. The summed E-state index contributed by atoms with van der Waals surface area (Å²) in [5.41, 5.74) is 0.243. The van der Waals surface area contributed by atoms with Gasteiger partial charge in [-0.15, -0.1) is 11.6 Å². The molecule has 1 aliphatic rings. The van der Waals surface area contributed by atoms with Crippen LogP contribution in [-0.4, -0.2) is 41.9 Å². The van der Waals surface area contributed by atoms with Gasteiger partial charge in [-0.2, -0.15) is 0 Å². The van der Waals surface area contributed by atoms with Crippen molar-refractivity contribution in [3.05, 3.63) is 52.5 Å². The van der Waals surface area contributed by atoms with E-state index in [0.29, 0.717) is 23.5 Å². The number of hydrogen-bond acceptors (Lipinski definition) is 7. The number of fused-ring (bicyclic) bond motifs is 1. The van der Waals surface area contributed by atoms with E-state index in [2.05, 4.69) is 0 Å². The van der Waals surface area contributed by atoms with E-state index < -0.39 is 22.9 Å². The van der Waals surface area contributed by atoms with Gasteiger partial charge in [-0.3, -0.25) is 14.4 Å². The van der Waals surface area contributed by atoms with Crippen molar-refractivity contribution in [2.75, 3.05) is 13.2 Å². The molecule has 0 aromatic heterocycles. The van der Waals surface area contributed by atoms with Crippen LogP contribution in [0.3, 0.4) is 0 Å². The molecule has 2 aromatic carbocycles. The van der Waals surface area contributed by atoms with E-state index in [9.17, 15) is 14.4 Å². The maximum atomic E-state index is 12.7. The van der Waals surface area contributed by atoms with Crippen molar-refractivity contribution >= 4 is 40.9 Å². The molecule has 0 saturated heterocycles. The normalized spacial score (nSPS) is 18.0.